The third-order valence-electron chi connectivity index (χ3n) is 14.2. The molecule has 5 aliphatic carbocycles. The molecule has 41 heavy (non-hydrogen) atoms. The molecule has 1 saturated heterocycles. The maximum atomic E-state index is 13.0. The van der Waals surface area contributed by atoms with Gasteiger partial charge in [-0.05, 0) is 85.4 Å². The minimum atomic E-state index is -1.48. The van der Waals surface area contributed by atoms with Crippen LogP contribution in [0.3, 0.4) is 0 Å². The summed E-state index contributed by atoms with van der Waals surface area (Å²) < 4.78 is 5.96. The highest BCUT2D eigenvalue weighted by atomic mass is 16.6. The molecule has 0 aromatic rings. The Labute approximate surface area is 245 Å². The van der Waals surface area contributed by atoms with Gasteiger partial charge in [0, 0.05) is 17.3 Å². The number of fused-ring (bicyclic) bond motifs is 7. The molecule has 4 saturated carbocycles. The van der Waals surface area contributed by atoms with E-state index >= 15 is 0 Å². The summed E-state index contributed by atoms with van der Waals surface area (Å²) in [7, 11) is 0. The molecule has 5 fully saturated rings. The van der Waals surface area contributed by atoms with Crippen molar-refractivity contribution in [3.8, 4) is 0 Å². The van der Waals surface area contributed by atoms with Gasteiger partial charge in [-0.3, -0.25) is 4.79 Å². The molecular weight excluding hydrogens is 520 g/mol. The number of ketones is 1. The summed E-state index contributed by atoms with van der Waals surface area (Å²) in [6.45, 7) is 11.2. The van der Waals surface area contributed by atoms with E-state index < -0.39 is 48.6 Å². The van der Waals surface area contributed by atoms with Gasteiger partial charge in [0.05, 0.1) is 12.7 Å². The lowest BCUT2D eigenvalue weighted by molar-refractivity contribution is -0.270. The molecule has 6 rings (SSSR count). The minimum Gasteiger partial charge on any atom is -0.394 e. The van der Waals surface area contributed by atoms with Crippen molar-refractivity contribution in [2.45, 2.75) is 135 Å². The van der Waals surface area contributed by atoms with E-state index in [4.69, 9.17) is 4.74 Å². The number of aliphatic hydroxyl groups excluding tert-OH is 5. The van der Waals surface area contributed by atoms with E-state index in [9.17, 15) is 30.3 Å². The Hall–Kier alpha value is -0.830. The molecule has 1 aliphatic heterocycles. The fourth-order valence-electron chi connectivity index (χ4n) is 12.2. The molecule has 0 aromatic carbocycles. The molecule has 0 amide bonds. The second-order valence-electron chi connectivity index (χ2n) is 16.2. The predicted molar refractivity (Wildman–Crippen MR) is 155 cm³/mol. The van der Waals surface area contributed by atoms with Crippen LogP contribution in [0.1, 0.15) is 98.8 Å². The van der Waals surface area contributed by atoms with Gasteiger partial charge in [-0.1, -0.05) is 59.1 Å². The monoisotopic (exact) mass is 574 g/mol. The number of hydrogen-bond donors (Lipinski definition) is 5. The number of aliphatic hydroxyl groups is 5. The first kappa shape index (κ1) is 30.2. The quantitative estimate of drug-likeness (QED) is 0.325. The van der Waals surface area contributed by atoms with Crippen LogP contribution in [0.5, 0.6) is 0 Å². The van der Waals surface area contributed by atoms with E-state index in [1.807, 2.05) is 0 Å². The van der Waals surface area contributed by atoms with Crippen molar-refractivity contribution in [1.82, 2.24) is 0 Å². The van der Waals surface area contributed by atoms with Crippen molar-refractivity contribution in [3.05, 3.63) is 11.6 Å². The third kappa shape index (κ3) is 4.08. The van der Waals surface area contributed by atoms with E-state index in [2.05, 4.69) is 40.7 Å². The van der Waals surface area contributed by atoms with Crippen molar-refractivity contribution in [3.63, 3.8) is 0 Å². The lowest BCUT2D eigenvalue weighted by Crippen LogP contribution is -2.66. The molecule has 8 unspecified atom stereocenters. The summed E-state index contributed by atoms with van der Waals surface area (Å²) in [4.78, 5) is 13.0. The van der Waals surface area contributed by atoms with Crippen LogP contribution < -0.4 is 0 Å². The number of carbonyl (C=O) groups excluding carboxylic acids is 1. The average molecular weight is 575 g/mol. The molecule has 14 atom stereocenters. The van der Waals surface area contributed by atoms with Crippen LogP contribution in [0.2, 0.25) is 0 Å². The first-order valence-corrected chi connectivity index (χ1v) is 16.5. The van der Waals surface area contributed by atoms with Gasteiger partial charge in [-0.25, -0.2) is 0 Å². The first-order valence-electron chi connectivity index (χ1n) is 16.5. The standard InChI is InChI=1S/C34H54O7/c1-18-7-6-13-34(30(40)29-28(39)27(38)26(37)21(17-35)41-29)16-10-20-19(25(18)34)8-9-23-32(20,4)14-11-22-31(2,3)24(36)12-15-33(22,23)5/h8,18,20-23,25-30,35,37-40H,6-7,9-17H2,1-5H3/t18-,20?,21?,22?,23?,25?,26+,27?,28?,29+,30?,32-,33-,34-/m0/s1. The lowest BCUT2D eigenvalue weighted by Gasteiger charge is -2.68. The van der Waals surface area contributed by atoms with E-state index in [0.717, 1.165) is 57.8 Å². The summed E-state index contributed by atoms with van der Waals surface area (Å²) in [6, 6.07) is 0. The maximum absolute atomic E-state index is 13.0. The van der Waals surface area contributed by atoms with Crippen LogP contribution in [-0.4, -0.2) is 74.5 Å². The second-order valence-corrected chi connectivity index (χ2v) is 16.2. The lowest BCUT2D eigenvalue weighted by atomic mass is 9.37. The summed E-state index contributed by atoms with van der Waals surface area (Å²) in [6.07, 6.45) is 4.67. The zero-order chi connectivity index (χ0) is 29.7. The largest absolute Gasteiger partial charge is 0.394 e. The molecule has 7 heteroatoms. The fraction of sp³-hybridized carbons (Fsp3) is 0.912. The Morgan fingerprint density at radius 3 is 2.37 bits per heavy atom. The fourth-order valence-corrected chi connectivity index (χ4v) is 12.2. The van der Waals surface area contributed by atoms with Crippen molar-refractivity contribution < 1.29 is 35.1 Å². The predicted octanol–water partition coefficient (Wildman–Crippen LogP) is 3.78. The SMILES string of the molecule is C[C@H]1CCC[C@]2(C(O)[C@@H]3OC(CO)[C@@H](O)C(O)C3O)CCC3C(=CCC4[C@@]3(C)CCC3C(C)(C)C(=O)CC[C@@]34C)C12. The van der Waals surface area contributed by atoms with Gasteiger partial charge in [0.2, 0.25) is 0 Å². The van der Waals surface area contributed by atoms with Crippen LogP contribution in [0, 0.1) is 51.2 Å². The van der Waals surface area contributed by atoms with Gasteiger partial charge in [-0.2, -0.15) is 0 Å². The Morgan fingerprint density at radius 2 is 1.66 bits per heavy atom. The Kier molecular flexibility index (Phi) is 7.44. The normalized spacial score (nSPS) is 53.7. The van der Waals surface area contributed by atoms with Gasteiger partial charge in [0.1, 0.15) is 36.3 Å². The summed E-state index contributed by atoms with van der Waals surface area (Å²) in [5.74, 6) is 2.32. The van der Waals surface area contributed by atoms with Crippen molar-refractivity contribution in [2.75, 3.05) is 6.61 Å². The Bertz CT molecular complexity index is 1070. The van der Waals surface area contributed by atoms with Gasteiger partial charge in [0.25, 0.3) is 0 Å². The number of Topliss-reactive ketones (excluding diaryl/α,β-unsaturated/α-hetero) is 1. The molecule has 0 radical (unpaired) electrons. The van der Waals surface area contributed by atoms with Gasteiger partial charge < -0.3 is 30.3 Å². The van der Waals surface area contributed by atoms with Crippen LogP contribution >= 0.6 is 0 Å². The van der Waals surface area contributed by atoms with E-state index in [1.165, 1.54) is 5.57 Å². The molecule has 7 nitrogen and oxygen atoms in total. The number of carbonyl (C=O) groups is 1. The van der Waals surface area contributed by atoms with Gasteiger partial charge in [0.15, 0.2) is 0 Å². The van der Waals surface area contributed by atoms with Crippen molar-refractivity contribution in [2.24, 2.45) is 51.2 Å². The van der Waals surface area contributed by atoms with Crippen molar-refractivity contribution in [1.29, 1.82) is 0 Å². The number of hydrogen-bond acceptors (Lipinski definition) is 7. The minimum absolute atomic E-state index is 0.134. The molecule has 0 spiro atoms. The Balaban J connectivity index is 1.36. The zero-order valence-electron chi connectivity index (χ0n) is 25.8. The Morgan fingerprint density at radius 1 is 0.927 bits per heavy atom. The highest BCUT2D eigenvalue weighted by Gasteiger charge is 2.66. The topological polar surface area (TPSA) is 127 Å². The van der Waals surface area contributed by atoms with Crippen LogP contribution in [0.25, 0.3) is 0 Å². The number of allylic oxidation sites excluding steroid dienone is 2. The maximum Gasteiger partial charge on any atom is 0.138 e. The molecule has 232 valence electrons. The van der Waals surface area contributed by atoms with E-state index in [-0.39, 0.29) is 22.2 Å². The molecule has 0 aromatic heterocycles. The molecule has 1 heterocycles. The molecular formula is C34H54O7. The smallest absolute Gasteiger partial charge is 0.138 e. The number of ether oxygens (including phenoxy) is 1. The van der Waals surface area contributed by atoms with Gasteiger partial charge in [-0.15, -0.1) is 0 Å². The molecule has 6 aliphatic rings. The van der Waals surface area contributed by atoms with E-state index in [1.54, 1.807) is 0 Å². The second kappa shape index (κ2) is 10.1. The average Bonchev–Trinajstić information content (AvgIpc) is 2.93. The summed E-state index contributed by atoms with van der Waals surface area (Å²) in [5, 5.41) is 53.9. The number of rotatable bonds is 3. The highest BCUT2D eigenvalue weighted by Crippen LogP contribution is 2.72. The van der Waals surface area contributed by atoms with Crippen molar-refractivity contribution >= 4 is 5.78 Å². The highest BCUT2D eigenvalue weighted by molar-refractivity contribution is 5.85. The first-order chi connectivity index (χ1) is 19.2. The van der Waals surface area contributed by atoms with Crippen LogP contribution in [-0.2, 0) is 9.53 Å². The van der Waals surface area contributed by atoms with E-state index in [0.29, 0.717) is 35.9 Å². The summed E-state index contributed by atoms with van der Waals surface area (Å²) in [5.41, 5.74) is 1.00. The van der Waals surface area contributed by atoms with Crippen LogP contribution in [0.15, 0.2) is 11.6 Å². The van der Waals surface area contributed by atoms with Crippen LogP contribution in [0.4, 0.5) is 0 Å². The van der Waals surface area contributed by atoms with Gasteiger partial charge >= 0.3 is 0 Å². The molecule has 5 N–H and O–H groups in total. The molecule has 0 bridgehead atoms. The zero-order valence-corrected chi connectivity index (χ0v) is 25.8. The third-order valence-corrected chi connectivity index (χ3v) is 14.2. The summed E-state index contributed by atoms with van der Waals surface area (Å²) >= 11 is 0.